The largest absolute Gasteiger partial charge is 0.359 e. The van der Waals surface area contributed by atoms with E-state index in [4.69, 9.17) is 5.73 Å². The van der Waals surface area contributed by atoms with E-state index in [9.17, 15) is 0 Å². The molecule has 3 nitrogen and oxygen atoms in total. The van der Waals surface area contributed by atoms with Crippen molar-refractivity contribution in [3.63, 3.8) is 0 Å². The number of pyridine rings is 1. The van der Waals surface area contributed by atoms with E-state index in [0.717, 1.165) is 23.8 Å². The zero-order valence-electron chi connectivity index (χ0n) is 9.32. The topological polar surface area (TPSA) is 42.2 Å². The molecule has 1 aliphatic carbocycles. The van der Waals surface area contributed by atoms with E-state index in [0.29, 0.717) is 6.54 Å². The highest BCUT2D eigenvalue weighted by Crippen LogP contribution is 2.28. The van der Waals surface area contributed by atoms with E-state index in [-0.39, 0.29) is 0 Å². The van der Waals surface area contributed by atoms with Crippen molar-refractivity contribution in [2.45, 2.75) is 25.8 Å². The second kappa shape index (κ2) is 4.62. The monoisotopic (exact) mass is 205 g/mol. The maximum atomic E-state index is 5.70. The molecule has 0 aliphatic heterocycles. The van der Waals surface area contributed by atoms with Crippen LogP contribution in [0.1, 0.15) is 24.8 Å². The molecular weight excluding hydrogens is 186 g/mol. The third-order valence-electron chi connectivity index (χ3n) is 3.21. The average molecular weight is 205 g/mol. The van der Waals surface area contributed by atoms with Crippen LogP contribution in [0.4, 0.5) is 5.82 Å². The van der Waals surface area contributed by atoms with Crippen LogP contribution in [0.15, 0.2) is 18.3 Å². The number of anilines is 1. The van der Waals surface area contributed by atoms with Gasteiger partial charge in [0.05, 0.1) is 0 Å². The Bertz CT molecular complexity index is 320. The van der Waals surface area contributed by atoms with Crippen LogP contribution in [0.5, 0.6) is 0 Å². The Labute approximate surface area is 91.3 Å². The molecule has 82 valence electrons. The van der Waals surface area contributed by atoms with Gasteiger partial charge in [0.2, 0.25) is 0 Å². The van der Waals surface area contributed by atoms with E-state index >= 15 is 0 Å². The second-order valence-electron chi connectivity index (χ2n) is 4.37. The Kier molecular flexibility index (Phi) is 3.21. The fourth-order valence-electron chi connectivity index (χ4n) is 2.08. The molecule has 0 spiro atoms. The molecule has 15 heavy (non-hydrogen) atoms. The molecule has 2 N–H and O–H groups in total. The first-order valence-corrected chi connectivity index (χ1v) is 5.66. The van der Waals surface area contributed by atoms with Crippen molar-refractivity contribution in [3.8, 4) is 0 Å². The number of hydrogen-bond acceptors (Lipinski definition) is 3. The molecule has 1 aromatic heterocycles. The van der Waals surface area contributed by atoms with Gasteiger partial charge in [0.15, 0.2) is 0 Å². The van der Waals surface area contributed by atoms with Crippen LogP contribution in [0.25, 0.3) is 0 Å². The maximum absolute atomic E-state index is 5.70. The van der Waals surface area contributed by atoms with Gasteiger partial charge in [-0.3, -0.25) is 0 Å². The van der Waals surface area contributed by atoms with Crippen molar-refractivity contribution in [2.75, 3.05) is 18.5 Å². The van der Waals surface area contributed by atoms with Gasteiger partial charge in [0.1, 0.15) is 5.82 Å². The number of aromatic nitrogens is 1. The van der Waals surface area contributed by atoms with Crippen LogP contribution in [0.2, 0.25) is 0 Å². The zero-order valence-corrected chi connectivity index (χ0v) is 9.32. The molecule has 0 atom stereocenters. The van der Waals surface area contributed by atoms with Gasteiger partial charge in [0.25, 0.3) is 0 Å². The molecule has 0 amide bonds. The fourth-order valence-corrected chi connectivity index (χ4v) is 2.08. The predicted octanol–water partition coefficient (Wildman–Crippen LogP) is 1.78. The summed E-state index contributed by atoms with van der Waals surface area (Å²) in [5.74, 6) is 1.91. The summed E-state index contributed by atoms with van der Waals surface area (Å²) in [5.41, 5.74) is 6.84. The molecule has 0 unspecified atom stereocenters. The second-order valence-corrected chi connectivity index (χ2v) is 4.37. The number of hydrogen-bond donors (Lipinski definition) is 1. The minimum absolute atomic E-state index is 0.568. The third kappa shape index (κ3) is 2.29. The molecule has 1 heterocycles. The van der Waals surface area contributed by atoms with Gasteiger partial charge in [-0.1, -0.05) is 12.5 Å². The van der Waals surface area contributed by atoms with Gasteiger partial charge >= 0.3 is 0 Å². The lowest BCUT2D eigenvalue weighted by Gasteiger charge is -2.31. The van der Waals surface area contributed by atoms with Crippen molar-refractivity contribution in [1.82, 2.24) is 4.98 Å². The predicted molar refractivity (Wildman–Crippen MR) is 62.7 cm³/mol. The van der Waals surface area contributed by atoms with Crippen LogP contribution in [-0.2, 0) is 6.54 Å². The first-order valence-electron chi connectivity index (χ1n) is 5.66. The van der Waals surface area contributed by atoms with Crippen LogP contribution >= 0.6 is 0 Å². The van der Waals surface area contributed by atoms with Gasteiger partial charge in [-0.05, 0) is 24.8 Å². The van der Waals surface area contributed by atoms with Crippen LogP contribution in [0.3, 0.4) is 0 Å². The summed E-state index contributed by atoms with van der Waals surface area (Å²) in [6.45, 7) is 1.68. The Morgan fingerprint density at radius 2 is 2.33 bits per heavy atom. The molecule has 0 radical (unpaired) electrons. The molecule has 1 aliphatic rings. The lowest BCUT2D eigenvalue weighted by molar-refractivity contribution is 0.321. The molecule has 0 bridgehead atoms. The van der Waals surface area contributed by atoms with Crippen molar-refractivity contribution < 1.29 is 0 Å². The molecule has 3 heteroatoms. The quantitative estimate of drug-likeness (QED) is 0.814. The van der Waals surface area contributed by atoms with Crippen LogP contribution in [0, 0.1) is 5.92 Å². The lowest BCUT2D eigenvalue weighted by atomic mass is 9.85. The summed E-state index contributed by atoms with van der Waals surface area (Å²) < 4.78 is 0. The molecule has 0 saturated heterocycles. The summed E-state index contributed by atoms with van der Waals surface area (Å²) >= 11 is 0. The third-order valence-corrected chi connectivity index (χ3v) is 3.21. The summed E-state index contributed by atoms with van der Waals surface area (Å²) in [6.07, 6.45) is 5.97. The minimum Gasteiger partial charge on any atom is -0.359 e. The highest BCUT2D eigenvalue weighted by atomic mass is 15.2. The molecule has 2 rings (SSSR count). The Hall–Kier alpha value is -1.09. The standard InChI is InChI=1S/C12H19N3/c1-15(9-10-4-2-5-10)12-11(8-13)6-3-7-14-12/h3,6-7,10H,2,4-5,8-9,13H2,1H3. The number of nitrogens with two attached hydrogens (primary N) is 1. The van der Waals surface area contributed by atoms with E-state index in [2.05, 4.69) is 23.0 Å². The minimum atomic E-state index is 0.568. The SMILES string of the molecule is CN(CC1CCC1)c1ncccc1CN. The van der Waals surface area contributed by atoms with Crippen molar-refractivity contribution >= 4 is 5.82 Å². The lowest BCUT2D eigenvalue weighted by Crippen LogP contribution is -2.30. The summed E-state index contributed by atoms with van der Waals surface area (Å²) in [5, 5.41) is 0. The molecular formula is C12H19N3. The Morgan fingerprint density at radius 1 is 1.53 bits per heavy atom. The highest BCUT2D eigenvalue weighted by molar-refractivity contribution is 5.45. The molecule has 1 saturated carbocycles. The molecule has 0 aromatic carbocycles. The van der Waals surface area contributed by atoms with Gasteiger partial charge in [-0.15, -0.1) is 0 Å². The van der Waals surface area contributed by atoms with Gasteiger partial charge in [-0.25, -0.2) is 4.98 Å². The smallest absolute Gasteiger partial charge is 0.132 e. The summed E-state index contributed by atoms with van der Waals surface area (Å²) in [7, 11) is 2.11. The fraction of sp³-hybridized carbons (Fsp3) is 0.583. The maximum Gasteiger partial charge on any atom is 0.132 e. The van der Waals surface area contributed by atoms with Crippen molar-refractivity contribution in [1.29, 1.82) is 0 Å². The van der Waals surface area contributed by atoms with Gasteiger partial charge in [0, 0.05) is 31.9 Å². The Balaban J connectivity index is 2.05. The molecule has 1 aromatic rings. The van der Waals surface area contributed by atoms with Gasteiger partial charge in [-0.2, -0.15) is 0 Å². The molecule has 1 fully saturated rings. The normalized spacial score (nSPS) is 16.1. The van der Waals surface area contributed by atoms with Gasteiger partial charge < -0.3 is 10.6 Å². The first kappa shape index (κ1) is 10.4. The van der Waals surface area contributed by atoms with E-state index in [1.54, 1.807) is 0 Å². The number of rotatable bonds is 4. The van der Waals surface area contributed by atoms with Crippen LogP contribution < -0.4 is 10.6 Å². The average Bonchev–Trinajstić information content (AvgIpc) is 2.23. The summed E-state index contributed by atoms with van der Waals surface area (Å²) in [6, 6.07) is 4.00. The summed E-state index contributed by atoms with van der Waals surface area (Å²) in [4.78, 5) is 6.65. The van der Waals surface area contributed by atoms with E-state index in [1.807, 2.05) is 12.3 Å². The number of nitrogens with zero attached hydrogens (tertiary/aromatic N) is 2. The Morgan fingerprint density at radius 3 is 2.93 bits per heavy atom. The van der Waals surface area contributed by atoms with Crippen LogP contribution in [-0.4, -0.2) is 18.6 Å². The first-order chi connectivity index (χ1) is 7.31. The highest BCUT2D eigenvalue weighted by Gasteiger charge is 2.20. The van der Waals surface area contributed by atoms with E-state index in [1.165, 1.54) is 19.3 Å². The zero-order chi connectivity index (χ0) is 10.7. The van der Waals surface area contributed by atoms with Crippen molar-refractivity contribution in [2.24, 2.45) is 11.7 Å². The van der Waals surface area contributed by atoms with Crippen molar-refractivity contribution in [3.05, 3.63) is 23.9 Å². The van der Waals surface area contributed by atoms with E-state index < -0.39 is 0 Å².